The number of aryl methyl sites for hydroxylation is 2. The van der Waals surface area contributed by atoms with Gasteiger partial charge in [-0.1, -0.05) is 17.3 Å². The van der Waals surface area contributed by atoms with Crippen molar-refractivity contribution < 1.29 is 14.1 Å². The van der Waals surface area contributed by atoms with Crippen molar-refractivity contribution in [3.63, 3.8) is 0 Å². The zero-order valence-electron chi connectivity index (χ0n) is 14.3. The second-order valence-electron chi connectivity index (χ2n) is 5.52. The Hall–Kier alpha value is -3.00. The molecular weight excluding hydrogens is 322 g/mol. The van der Waals surface area contributed by atoms with Crippen LogP contribution in [0.4, 0.5) is 0 Å². The fourth-order valence-corrected chi connectivity index (χ4v) is 2.52. The predicted octanol–water partition coefficient (Wildman–Crippen LogP) is 2.17. The Labute approximate surface area is 144 Å². The van der Waals surface area contributed by atoms with E-state index in [-0.39, 0.29) is 0 Å². The highest BCUT2D eigenvalue weighted by Crippen LogP contribution is 2.27. The summed E-state index contributed by atoms with van der Waals surface area (Å²) in [5.41, 5.74) is 7.96. The van der Waals surface area contributed by atoms with E-state index in [1.165, 1.54) is 0 Å². The summed E-state index contributed by atoms with van der Waals surface area (Å²) < 4.78 is 12.3. The minimum atomic E-state index is -0.471. The number of rotatable bonds is 6. The van der Waals surface area contributed by atoms with E-state index in [1.807, 2.05) is 13.8 Å². The molecule has 0 saturated carbocycles. The van der Waals surface area contributed by atoms with Gasteiger partial charge >= 0.3 is 0 Å². The molecule has 2 heterocycles. The first-order valence-electron chi connectivity index (χ1n) is 7.84. The molecule has 130 valence electrons. The minimum absolute atomic E-state index is 0.379. The molecule has 0 aliphatic rings. The molecule has 1 aromatic carbocycles. The highest BCUT2D eigenvalue weighted by molar-refractivity contribution is 5.93. The van der Waals surface area contributed by atoms with Gasteiger partial charge in [0.2, 0.25) is 5.91 Å². The van der Waals surface area contributed by atoms with Crippen LogP contribution in [0.15, 0.2) is 28.8 Å². The summed E-state index contributed by atoms with van der Waals surface area (Å²) in [6.45, 7) is 4.81. The third kappa shape index (κ3) is 3.16. The van der Waals surface area contributed by atoms with Crippen LogP contribution in [0.1, 0.15) is 28.6 Å². The minimum Gasteiger partial charge on any atom is -0.380 e. The molecule has 25 heavy (non-hydrogen) atoms. The Morgan fingerprint density at radius 1 is 1.32 bits per heavy atom. The van der Waals surface area contributed by atoms with Gasteiger partial charge in [0.1, 0.15) is 5.76 Å². The van der Waals surface area contributed by atoms with Gasteiger partial charge in [-0.3, -0.25) is 4.79 Å². The summed E-state index contributed by atoms with van der Waals surface area (Å²) in [7, 11) is 1.62. The van der Waals surface area contributed by atoms with Gasteiger partial charge in [0.25, 0.3) is 0 Å². The molecule has 0 spiro atoms. The van der Waals surface area contributed by atoms with Gasteiger partial charge in [0.15, 0.2) is 17.3 Å². The molecule has 2 N–H and O–H groups in total. The molecular formula is C17H19N5O3. The highest BCUT2D eigenvalue weighted by atomic mass is 16.5. The van der Waals surface area contributed by atoms with Crippen molar-refractivity contribution in [3.8, 4) is 22.9 Å². The average Bonchev–Trinajstić information content (AvgIpc) is 3.19. The second-order valence-corrected chi connectivity index (χ2v) is 5.52. The molecule has 8 heteroatoms. The average molecular weight is 341 g/mol. The van der Waals surface area contributed by atoms with E-state index in [9.17, 15) is 4.79 Å². The van der Waals surface area contributed by atoms with Crippen LogP contribution in [0.2, 0.25) is 0 Å². The molecule has 0 aliphatic carbocycles. The molecule has 0 fully saturated rings. The van der Waals surface area contributed by atoms with Gasteiger partial charge in [-0.25, -0.2) is 9.67 Å². The maximum Gasteiger partial charge on any atom is 0.248 e. The van der Waals surface area contributed by atoms with Crippen molar-refractivity contribution in [2.75, 3.05) is 7.11 Å². The number of amides is 1. The van der Waals surface area contributed by atoms with E-state index >= 15 is 0 Å². The van der Waals surface area contributed by atoms with Crippen molar-refractivity contribution in [1.82, 2.24) is 19.9 Å². The van der Waals surface area contributed by atoms with Gasteiger partial charge in [-0.15, -0.1) is 0 Å². The number of ether oxygens (including phenoxy) is 1. The van der Waals surface area contributed by atoms with E-state index in [0.717, 1.165) is 11.1 Å². The maximum absolute atomic E-state index is 11.2. The van der Waals surface area contributed by atoms with Crippen LogP contribution < -0.4 is 5.73 Å². The lowest BCUT2D eigenvalue weighted by Crippen LogP contribution is -2.10. The molecule has 1 amide bonds. The third-order valence-electron chi connectivity index (χ3n) is 3.88. The molecule has 0 atom stereocenters. The van der Waals surface area contributed by atoms with Crippen molar-refractivity contribution in [2.24, 2.45) is 5.73 Å². The summed E-state index contributed by atoms with van der Waals surface area (Å²) in [6, 6.07) is 6.84. The monoisotopic (exact) mass is 341 g/mol. The Bertz CT molecular complexity index is 896. The summed E-state index contributed by atoms with van der Waals surface area (Å²) in [6.07, 6.45) is 0. The van der Waals surface area contributed by atoms with Crippen LogP contribution in [0.3, 0.4) is 0 Å². The summed E-state index contributed by atoms with van der Waals surface area (Å²) in [4.78, 5) is 15.8. The van der Waals surface area contributed by atoms with Crippen LogP contribution in [0.5, 0.6) is 0 Å². The number of hydrogen-bond acceptors (Lipinski definition) is 6. The standard InChI is InChI=1S/C17H19N5O3/c1-4-22-17(14-13(9-24-3)10(2)25-21-14)19-16(20-22)12-7-5-11(6-8-12)15(18)23/h5-8H,4,9H2,1-3H3,(H2,18,23). The van der Waals surface area contributed by atoms with E-state index in [4.69, 9.17) is 15.0 Å². The van der Waals surface area contributed by atoms with Gasteiger partial charge < -0.3 is 15.0 Å². The normalized spacial score (nSPS) is 11.0. The lowest BCUT2D eigenvalue weighted by atomic mass is 10.1. The molecule has 3 rings (SSSR count). The lowest BCUT2D eigenvalue weighted by Gasteiger charge is -2.01. The van der Waals surface area contributed by atoms with Crippen LogP contribution in [0.25, 0.3) is 22.9 Å². The first kappa shape index (κ1) is 16.8. The zero-order valence-corrected chi connectivity index (χ0v) is 14.3. The SMILES string of the molecule is CCn1nc(-c2ccc(C(N)=O)cc2)nc1-c1noc(C)c1COC. The highest BCUT2D eigenvalue weighted by Gasteiger charge is 2.21. The largest absolute Gasteiger partial charge is 0.380 e. The van der Waals surface area contributed by atoms with Gasteiger partial charge in [-0.2, -0.15) is 5.10 Å². The van der Waals surface area contributed by atoms with E-state index in [0.29, 0.717) is 41.8 Å². The summed E-state index contributed by atoms with van der Waals surface area (Å²) >= 11 is 0. The lowest BCUT2D eigenvalue weighted by molar-refractivity contribution is 0.100. The Morgan fingerprint density at radius 3 is 2.64 bits per heavy atom. The second kappa shape index (κ2) is 6.86. The Balaban J connectivity index is 2.04. The number of hydrogen-bond donors (Lipinski definition) is 1. The zero-order chi connectivity index (χ0) is 18.0. The molecule has 8 nitrogen and oxygen atoms in total. The molecule has 0 unspecified atom stereocenters. The van der Waals surface area contributed by atoms with E-state index in [2.05, 4.69) is 15.2 Å². The number of primary amides is 1. The van der Waals surface area contributed by atoms with Crippen LogP contribution in [-0.4, -0.2) is 32.9 Å². The number of carbonyl (C=O) groups excluding carboxylic acids is 1. The Morgan fingerprint density at radius 2 is 2.04 bits per heavy atom. The number of nitrogens with two attached hydrogens (primary N) is 1. The van der Waals surface area contributed by atoms with Gasteiger partial charge in [0.05, 0.1) is 12.2 Å². The van der Waals surface area contributed by atoms with E-state index < -0.39 is 5.91 Å². The number of benzene rings is 1. The summed E-state index contributed by atoms with van der Waals surface area (Å²) in [5.74, 6) is 1.37. The quantitative estimate of drug-likeness (QED) is 0.736. The van der Waals surface area contributed by atoms with E-state index in [1.54, 1.807) is 36.1 Å². The molecule has 0 aliphatic heterocycles. The maximum atomic E-state index is 11.2. The number of carbonyl (C=O) groups is 1. The van der Waals surface area contributed by atoms with Crippen molar-refractivity contribution in [1.29, 1.82) is 0 Å². The predicted molar refractivity (Wildman–Crippen MR) is 90.6 cm³/mol. The van der Waals surface area contributed by atoms with Gasteiger partial charge in [-0.05, 0) is 26.0 Å². The van der Waals surface area contributed by atoms with Crippen LogP contribution in [0, 0.1) is 6.92 Å². The molecule has 0 radical (unpaired) electrons. The first-order valence-corrected chi connectivity index (χ1v) is 7.84. The van der Waals surface area contributed by atoms with Gasteiger partial charge in [0, 0.05) is 24.8 Å². The molecule has 0 bridgehead atoms. The smallest absolute Gasteiger partial charge is 0.248 e. The molecule has 3 aromatic rings. The topological polar surface area (TPSA) is 109 Å². The number of nitrogens with zero attached hydrogens (tertiary/aromatic N) is 4. The van der Waals surface area contributed by atoms with Crippen molar-refractivity contribution in [2.45, 2.75) is 27.0 Å². The fourth-order valence-electron chi connectivity index (χ4n) is 2.52. The third-order valence-corrected chi connectivity index (χ3v) is 3.88. The van der Waals surface area contributed by atoms with Crippen LogP contribution >= 0.6 is 0 Å². The molecule has 2 aromatic heterocycles. The van der Waals surface area contributed by atoms with Crippen molar-refractivity contribution in [3.05, 3.63) is 41.2 Å². The Kier molecular flexibility index (Phi) is 4.62. The number of methoxy groups -OCH3 is 1. The fraction of sp³-hybridized carbons (Fsp3) is 0.294. The molecule has 0 saturated heterocycles. The first-order chi connectivity index (χ1) is 12.0. The van der Waals surface area contributed by atoms with Crippen LogP contribution in [-0.2, 0) is 17.9 Å². The number of aromatic nitrogens is 4. The van der Waals surface area contributed by atoms with Crippen molar-refractivity contribution >= 4 is 5.91 Å². The summed E-state index contributed by atoms with van der Waals surface area (Å²) in [5, 5.41) is 8.65.